The molecule has 3 heteroatoms. The number of esters is 1. The van der Waals surface area contributed by atoms with Gasteiger partial charge in [-0.1, -0.05) is 49.8 Å². The number of rotatable bonds is 5. The Bertz CT molecular complexity index is 651. The van der Waals surface area contributed by atoms with E-state index in [0.717, 1.165) is 23.3 Å². The summed E-state index contributed by atoms with van der Waals surface area (Å²) in [5.74, 6) is 0.434. The molecule has 0 amide bonds. The summed E-state index contributed by atoms with van der Waals surface area (Å²) in [6, 6.07) is 6.11. The van der Waals surface area contributed by atoms with Gasteiger partial charge in [-0.25, -0.2) is 4.79 Å². The first-order valence-electron chi connectivity index (χ1n) is 8.12. The Kier molecular flexibility index (Phi) is 5.30. The summed E-state index contributed by atoms with van der Waals surface area (Å²) < 4.78 is 10.8. The fourth-order valence-corrected chi connectivity index (χ4v) is 2.84. The van der Waals surface area contributed by atoms with Gasteiger partial charge in [0.25, 0.3) is 0 Å². The minimum Gasteiger partial charge on any atom is -0.481 e. The number of benzene rings is 1. The topological polar surface area (TPSA) is 35.5 Å². The first-order valence-corrected chi connectivity index (χ1v) is 8.12. The number of hydrogen-bond donors (Lipinski definition) is 0. The monoisotopic (exact) mass is 314 g/mol. The van der Waals surface area contributed by atoms with Gasteiger partial charge in [0, 0.05) is 5.56 Å². The zero-order valence-corrected chi connectivity index (χ0v) is 14.7. The van der Waals surface area contributed by atoms with E-state index in [0.29, 0.717) is 6.61 Å². The predicted octanol–water partition coefficient (Wildman–Crippen LogP) is 4.70. The van der Waals surface area contributed by atoms with E-state index in [1.54, 1.807) is 6.92 Å². The van der Waals surface area contributed by atoms with Crippen molar-refractivity contribution in [2.24, 2.45) is 5.41 Å². The average Bonchev–Trinajstić information content (AvgIpc) is 2.49. The third-order valence-corrected chi connectivity index (χ3v) is 4.18. The molecule has 3 nitrogen and oxygen atoms in total. The molecule has 0 aliphatic heterocycles. The second-order valence-electron chi connectivity index (χ2n) is 6.64. The Labute approximate surface area is 139 Å². The highest BCUT2D eigenvalue weighted by atomic mass is 16.6. The lowest BCUT2D eigenvalue weighted by atomic mass is 9.73. The van der Waals surface area contributed by atoms with Gasteiger partial charge in [-0.15, -0.1) is 0 Å². The number of carbonyl (C=O) groups is 1. The van der Waals surface area contributed by atoms with E-state index in [1.165, 1.54) is 11.1 Å². The van der Waals surface area contributed by atoms with Crippen LogP contribution >= 0.6 is 0 Å². The molecule has 0 radical (unpaired) electrons. The normalized spacial score (nSPS) is 16.4. The van der Waals surface area contributed by atoms with E-state index in [1.807, 2.05) is 19.1 Å². The number of allylic oxidation sites excluding steroid dienone is 4. The molecule has 1 aromatic carbocycles. The zero-order chi connectivity index (χ0) is 17.0. The van der Waals surface area contributed by atoms with Crippen molar-refractivity contribution in [3.63, 3.8) is 0 Å². The Morgan fingerprint density at radius 1 is 1.26 bits per heavy atom. The molecule has 0 bridgehead atoms. The van der Waals surface area contributed by atoms with Crippen molar-refractivity contribution in [1.29, 1.82) is 0 Å². The molecular formula is C20H26O3. The van der Waals surface area contributed by atoms with Gasteiger partial charge in [-0.3, -0.25) is 0 Å². The van der Waals surface area contributed by atoms with Gasteiger partial charge in [0.1, 0.15) is 5.75 Å². The molecule has 1 aromatic rings. The van der Waals surface area contributed by atoms with Crippen LogP contribution < -0.4 is 4.74 Å². The van der Waals surface area contributed by atoms with E-state index in [2.05, 4.69) is 39.0 Å². The maximum atomic E-state index is 11.6. The smallest absolute Gasteiger partial charge is 0.344 e. The van der Waals surface area contributed by atoms with Crippen LogP contribution in [-0.4, -0.2) is 19.2 Å². The Balaban J connectivity index is 2.37. The predicted molar refractivity (Wildman–Crippen MR) is 93.4 cm³/mol. The molecule has 0 fully saturated rings. The van der Waals surface area contributed by atoms with Gasteiger partial charge in [0.05, 0.1) is 6.61 Å². The lowest BCUT2D eigenvalue weighted by molar-refractivity contribution is -0.145. The van der Waals surface area contributed by atoms with Crippen LogP contribution in [0.2, 0.25) is 0 Å². The zero-order valence-electron chi connectivity index (χ0n) is 14.7. The van der Waals surface area contributed by atoms with Crippen molar-refractivity contribution < 1.29 is 14.3 Å². The summed E-state index contributed by atoms with van der Waals surface area (Å²) in [6.07, 6.45) is 5.48. The summed E-state index contributed by atoms with van der Waals surface area (Å²) in [6.45, 7) is 10.7. The van der Waals surface area contributed by atoms with Crippen molar-refractivity contribution in [2.45, 2.75) is 41.0 Å². The van der Waals surface area contributed by atoms with Gasteiger partial charge in [-0.05, 0) is 43.7 Å². The highest BCUT2D eigenvalue weighted by Crippen LogP contribution is 2.45. The summed E-state index contributed by atoms with van der Waals surface area (Å²) in [5.41, 5.74) is 4.63. The fraction of sp³-hybridized carbons (Fsp3) is 0.450. The van der Waals surface area contributed by atoms with Crippen LogP contribution in [0.1, 0.15) is 45.2 Å². The number of para-hydroxylation sites is 1. The van der Waals surface area contributed by atoms with Crippen LogP contribution in [0.25, 0.3) is 5.57 Å². The van der Waals surface area contributed by atoms with Crippen molar-refractivity contribution in [3.05, 3.63) is 47.1 Å². The van der Waals surface area contributed by atoms with Gasteiger partial charge < -0.3 is 9.47 Å². The molecule has 0 aromatic heterocycles. The summed E-state index contributed by atoms with van der Waals surface area (Å²) >= 11 is 0. The second kappa shape index (κ2) is 7.03. The SMILES string of the molecule is CCOC(=O)COc1c(C)cccc1C1=CC(C)=CCC1(C)C. The van der Waals surface area contributed by atoms with E-state index in [4.69, 9.17) is 9.47 Å². The fourth-order valence-electron chi connectivity index (χ4n) is 2.84. The highest BCUT2D eigenvalue weighted by Gasteiger charge is 2.28. The van der Waals surface area contributed by atoms with Crippen molar-refractivity contribution >= 4 is 11.5 Å². The van der Waals surface area contributed by atoms with Crippen LogP contribution in [0.5, 0.6) is 5.75 Å². The Hall–Kier alpha value is -2.03. The number of carbonyl (C=O) groups excluding carboxylic acids is 1. The maximum Gasteiger partial charge on any atom is 0.344 e. The lowest BCUT2D eigenvalue weighted by Crippen LogP contribution is -2.19. The van der Waals surface area contributed by atoms with Crippen molar-refractivity contribution in [3.8, 4) is 5.75 Å². The van der Waals surface area contributed by atoms with E-state index < -0.39 is 0 Å². The molecule has 0 atom stereocenters. The van der Waals surface area contributed by atoms with Gasteiger partial charge in [-0.2, -0.15) is 0 Å². The average molecular weight is 314 g/mol. The van der Waals surface area contributed by atoms with Crippen molar-refractivity contribution in [2.75, 3.05) is 13.2 Å². The van der Waals surface area contributed by atoms with Crippen LogP contribution in [-0.2, 0) is 9.53 Å². The molecule has 1 aliphatic rings. The first kappa shape index (κ1) is 17.3. The molecule has 0 N–H and O–H groups in total. The quantitative estimate of drug-likeness (QED) is 0.739. The highest BCUT2D eigenvalue weighted by molar-refractivity contribution is 5.79. The summed E-state index contributed by atoms with van der Waals surface area (Å²) in [5, 5.41) is 0. The number of hydrogen-bond acceptors (Lipinski definition) is 3. The number of ether oxygens (including phenoxy) is 2. The summed E-state index contributed by atoms with van der Waals surface area (Å²) in [7, 11) is 0. The van der Waals surface area contributed by atoms with Crippen LogP contribution in [0, 0.1) is 12.3 Å². The standard InChI is InChI=1S/C20H26O3/c1-6-22-18(21)13-23-19-15(3)8-7-9-16(19)17-12-14(2)10-11-20(17,4)5/h7-10,12H,6,11,13H2,1-5H3. The minimum absolute atomic E-state index is 0.0370. The molecule has 0 unspecified atom stereocenters. The maximum absolute atomic E-state index is 11.6. The molecule has 2 rings (SSSR count). The van der Waals surface area contributed by atoms with Gasteiger partial charge in [0.15, 0.2) is 6.61 Å². The first-order chi connectivity index (χ1) is 10.8. The lowest BCUT2D eigenvalue weighted by Gasteiger charge is -2.32. The van der Waals surface area contributed by atoms with Gasteiger partial charge >= 0.3 is 5.97 Å². The van der Waals surface area contributed by atoms with Crippen LogP contribution in [0.4, 0.5) is 0 Å². The third-order valence-electron chi connectivity index (χ3n) is 4.18. The van der Waals surface area contributed by atoms with Crippen LogP contribution in [0.3, 0.4) is 0 Å². The van der Waals surface area contributed by atoms with Crippen LogP contribution in [0.15, 0.2) is 35.9 Å². The largest absolute Gasteiger partial charge is 0.481 e. The van der Waals surface area contributed by atoms with E-state index in [9.17, 15) is 4.79 Å². The van der Waals surface area contributed by atoms with E-state index in [-0.39, 0.29) is 18.0 Å². The molecule has 0 spiro atoms. The van der Waals surface area contributed by atoms with Gasteiger partial charge in [0.2, 0.25) is 0 Å². The Morgan fingerprint density at radius 2 is 2.00 bits per heavy atom. The molecule has 124 valence electrons. The second-order valence-corrected chi connectivity index (χ2v) is 6.64. The molecule has 0 saturated carbocycles. The molecule has 0 heterocycles. The molecule has 1 aliphatic carbocycles. The van der Waals surface area contributed by atoms with Crippen molar-refractivity contribution in [1.82, 2.24) is 0 Å². The molecular weight excluding hydrogens is 288 g/mol. The van der Waals surface area contributed by atoms with E-state index >= 15 is 0 Å². The molecule has 0 saturated heterocycles. The third kappa shape index (κ3) is 4.04. The Morgan fingerprint density at radius 3 is 2.70 bits per heavy atom. The number of aryl methyl sites for hydroxylation is 1. The summed E-state index contributed by atoms with van der Waals surface area (Å²) in [4.78, 5) is 11.6. The minimum atomic E-state index is -0.338. The molecule has 23 heavy (non-hydrogen) atoms.